The van der Waals surface area contributed by atoms with E-state index < -0.39 is 28.3 Å². The monoisotopic (exact) mass is 457 g/mol. The van der Waals surface area contributed by atoms with E-state index in [0.717, 1.165) is 5.56 Å². The van der Waals surface area contributed by atoms with Gasteiger partial charge in [-0.2, -0.15) is 0 Å². The molecule has 0 bridgehead atoms. The Morgan fingerprint density at radius 3 is 2.50 bits per heavy atom. The maximum atomic E-state index is 13.0. The van der Waals surface area contributed by atoms with Crippen molar-refractivity contribution in [3.63, 3.8) is 0 Å². The van der Waals surface area contributed by atoms with Crippen LogP contribution in [0.25, 0.3) is 11.6 Å². The first-order chi connectivity index (χ1) is 15.3. The number of nitrogens with zero attached hydrogens (tertiary/aromatic N) is 1. The third-order valence-corrected chi connectivity index (χ3v) is 7.10. The fourth-order valence-corrected chi connectivity index (χ4v) is 5.45. The summed E-state index contributed by atoms with van der Waals surface area (Å²) in [5.41, 5.74) is 1.71. The summed E-state index contributed by atoms with van der Waals surface area (Å²) in [6, 6.07) is 15.9. The summed E-state index contributed by atoms with van der Waals surface area (Å²) in [5.74, 6) is -0.368. The van der Waals surface area contributed by atoms with Gasteiger partial charge in [-0.15, -0.1) is 0 Å². The number of amides is 1. The summed E-state index contributed by atoms with van der Waals surface area (Å²) in [4.78, 5) is 27.1. The van der Waals surface area contributed by atoms with Crippen LogP contribution in [0.1, 0.15) is 24.5 Å². The normalized spacial score (nSPS) is 17.6. The maximum absolute atomic E-state index is 13.0. The molecule has 1 aliphatic heterocycles. The Morgan fingerprint density at radius 1 is 1.12 bits per heavy atom. The van der Waals surface area contributed by atoms with Crippen LogP contribution in [0.5, 0.6) is 5.75 Å². The second kappa shape index (κ2) is 10.5. The molecule has 2 aromatic rings. The molecule has 1 saturated heterocycles. The molecule has 1 heterocycles. The zero-order valence-corrected chi connectivity index (χ0v) is 19.0. The molecule has 2 aromatic carbocycles. The van der Waals surface area contributed by atoms with Gasteiger partial charge < -0.3 is 14.4 Å². The van der Waals surface area contributed by atoms with Crippen molar-refractivity contribution < 1.29 is 27.5 Å². The number of sulfone groups is 1. The second-order valence-electron chi connectivity index (χ2n) is 7.51. The Labute approximate surface area is 188 Å². The van der Waals surface area contributed by atoms with E-state index in [1.807, 2.05) is 30.3 Å². The smallest absolute Gasteiger partial charge is 0.339 e. The predicted octanol–water partition coefficient (Wildman–Crippen LogP) is 2.81. The number of carbonyl (C=O) groups excluding carboxylic acids is 2. The third-order valence-electron chi connectivity index (χ3n) is 5.35. The Hall–Kier alpha value is -3.13. The lowest BCUT2D eigenvalue weighted by Gasteiger charge is -2.26. The largest absolute Gasteiger partial charge is 0.497 e. The topological polar surface area (TPSA) is 90.0 Å². The number of methoxy groups -OCH3 is 1. The Bertz CT molecular complexity index is 1090. The standard InChI is InChI=1S/C24H27NO6S/c1-3-25(20-12-13-32(28,29)17-20)23(26)16-31-24(27)22(19-9-5-4-6-10-19)15-18-8-7-11-21(14-18)30-2/h4-11,14-15,20H,3,12-13,16-17H2,1-2H3. The highest BCUT2D eigenvalue weighted by molar-refractivity contribution is 7.91. The molecule has 1 aliphatic rings. The van der Waals surface area contributed by atoms with Gasteiger partial charge in [0.1, 0.15) is 5.75 Å². The number of rotatable bonds is 8. The van der Waals surface area contributed by atoms with E-state index in [0.29, 0.717) is 29.9 Å². The summed E-state index contributed by atoms with van der Waals surface area (Å²) in [7, 11) is -1.56. The van der Waals surface area contributed by atoms with Gasteiger partial charge in [0.25, 0.3) is 5.91 Å². The molecule has 3 rings (SSSR count). The van der Waals surface area contributed by atoms with E-state index in [2.05, 4.69) is 0 Å². The average molecular weight is 458 g/mol. The predicted molar refractivity (Wildman–Crippen MR) is 123 cm³/mol. The summed E-state index contributed by atoms with van der Waals surface area (Å²) in [6.07, 6.45) is 2.09. The van der Waals surface area contributed by atoms with Crippen LogP contribution in [-0.4, -0.2) is 63.0 Å². The van der Waals surface area contributed by atoms with Crippen LogP contribution in [0, 0.1) is 0 Å². The average Bonchev–Trinajstić information content (AvgIpc) is 3.16. The molecule has 170 valence electrons. The number of hydrogen-bond donors (Lipinski definition) is 0. The minimum Gasteiger partial charge on any atom is -0.497 e. The van der Waals surface area contributed by atoms with Crippen molar-refractivity contribution in [2.24, 2.45) is 0 Å². The summed E-state index contributed by atoms with van der Waals surface area (Å²) in [5, 5.41) is 0. The fraction of sp³-hybridized carbons (Fsp3) is 0.333. The number of likely N-dealkylation sites (N-methyl/N-ethyl adjacent to an activating group) is 1. The summed E-state index contributed by atoms with van der Waals surface area (Å²) in [6.45, 7) is 1.68. The second-order valence-corrected chi connectivity index (χ2v) is 9.74. The molecular formula is C24H27NO6S. The van der Waals surface area contributed by atoms with Gasteiger partial charge in [-0.25, -0.2) is 13.2 Å². The van der Waals surface area contributed by atoms with Crippen LogP contribution in [0.15, 0.2) is 54.6 Å². The number of carbonyl (C=O) groups is 2. The molecule has 0 radical (unpaired) electrons. The van der Waals surface area contributed by atoms with Crippen LogP contribution >= 0.6 is 0 Å². The van der Waals surface area contributed by atoms with Gasteiger partial charge in [0.05, 0.1) is 24.2 Å². The lowest BCUT2D eigenvalue weighted by molar-refractivity contribution is -0.148. The number of hydrogen-bond acceptors (Lipinski definition) is 6. The van der Waals surface area contributed by atoms with Crippen molar-refractivity contribution in [3.05, 3.63) is 65.7 Å². The highest BCUT2D eigenvalue weighted by Crippen LogP contribution is 2.23. The van der Waals surface area contributed by atoms with Crippen molar-refractivity contribution in [1.29, 1.82) is 0 Å². The molecule has 32 heavy (non-hydrogen) atoms. The summed E-state index contributed by atoms with van der Waals surface area (Å²) < 4.78 is 34.2. The first kappa shape index (κ1) is 23.5. The highest BCUT2D eigenvalue weighted by atomic mass is 32.2. The molecule has 1 amide bonds. The van der Waals surface area contributed by atoms with E-state index in [9.17, 15) is 18.0 Å². The lowest BCUT2D eigenvalue weighted by Crippen LogP contribution is -2.43. The lowest BCUT2D eigenvalue weighted by atomic mass is 10.0. The van der Waals surface area contributed by atoms with Crippen molar-refractivity contribution in [3.8, 4) is 5.75 Å². The zero-order valence-electron chi connectivity index (χ0n) is 18.2. The van der Waals surface area contributed by atoms with E-state index in [4.69, 9.17) is 9.47 Å². The Kier molecular flexibility index (Phi) is 7.69. The van der Waals surface area contributed by atoms with Gasteiger partial charge in [-0.3, -0.25) is 4.79 Å². The molecule has 1 atom stereocenters. The summed E-state index contributed by atoms with van der Waals surface area (Å²) >= 11 is 0. The first-order valence-electron chi connectivity index (χ1n) is 10.4. The van der Waals surface area contributed by atoms with E-state index in [1.165, 1.54) is 4.90 Å². The van der Waals surface area contributed by atoms with Gasteiger partial charge in [-0.05, 0) is 42.7 Å². The molecule has 0 N–H and O–H groups in total. The molecule has 0 spiro atoms. The molecular weight excluding hydrogens is 430 g/mol. The minimum absolute atomic E-state index is 0.0501. The highest BCUT2D eigenvalue weighted by Gasteiger charge is 2.34. The molecule has 0 saturated carbocycles. The molecule has 0 aliphatic carbocycles. The van der Waals surface area contributed by atoms with Crippen LogP contribution in [0.3, 0.4) is 0 Å². The number of esters is 1. The van der Waals surface area contributed by atoms with Gasteiger partial charge in [-0.1, -0.05) is 42.5 Å². The minimum atomic E-state index is -3.13. The molecule has 1 unspecified atom stereocenters. The Morgan fingerprint density at radius 2 is 1.88 bits per heavy atom. The molecule has 1 fully saturated rings. The van der Waals surface area contributed by atoms with E-state index >= 15 is 0 Å². The van der Waals surface area contributed by atoms with E-state index in [-0.39, 0.29) is 17.5 Å². The van der Waals surface area contributed by atoms with Crippen molar-refractivity contribution in [2.75, 3.05) is 31.8 Å². The third kappa shape index (κ3) is 5.97. The fourth-order valence-electron chi connectivity index (χ4n) is 3.72. The van der Waals surface area contributed by atoms with Crippen LogP contribution < -0.4 is 4.74 Å². The SMILES string of the molecule is CCN(C(=O)COC(=O)C(=Cc1cccc(OC)c1)c1ccccc1)C1CCS(=O)(=O)C1. The molecule has 8 heteroatoms. The number of ether oxygens (including phenoxy) is 2. The van der Waals surface area contributed by atoms with Crippen LogP contribution in [-0.2, 0) is 24.2 Å². The first-order valence-corrected chi connectivity index (χ1v) is 12.2. The van der Waals surface area contributed by atoms with Crippen molar-refractivity contribution in [1.82, 2.24) is 4.90 Å². The van der Waals surface area contributed by atoms with E-state index in [1.54, 1.807) is 44.4 Å². The molecule has 7 nitrogen and oxygen atoms in total. The van der Waals surface area contributed by atoms with Gasteiger partial charge in [0, 0.05) is 12.6 Å². The van der Waals surface area contributed by atoms with Gasteiger partial charge in [0.2, 0.25) is 0 Å². The number of benzene rings is 2. The van der Waals surface area contributed by atoms with Crippen LogP contribution in [0.4, 0.5) is 0 Å². The van der Waals surface area contributed by atoms with Gasteiger partial charge in [0.15, 0.2) is 16.4 Å². The maximum Gasteiger partial charge on any atom is 0.339 e. The zero-order chi connectivity index (χ0) is 23.1. The van der Waals surface area contributed by atoms with Crippen molar-refractivity contribution >= 4 is 33.4 Å². The molecule has 0 aromatic heterocycles. The van der Waals surface area contributed by atoms with Gasteiger partial charge >= 0.3 is 5.97 Å². The van der Waals surface area contributed by atoms with Crippen LogP contribution in [0.2, 0.25) is 0 Å². The van der Waals surface area contributed by atoms with Crippen molar-refractivity contribution in [2.45, 2.75) is 19.4 Å². The Balaban J connectivity index is 1.77. The quantitative estimate of drug-likeness (QED) is 0.344.